The Hall–Kier alpha value is -0.970. The van der Waals surface area contributed by atoms with Gasteiger partial charge in [-0.15, -0.1) is 0 Å². The Labute approximate surface area is 126 Å². The molecule has 0 aliphatic rings. The molecular formula is C15H27N3OS. The summed E-state index contributed by atoms with van der Waals surface area (Å²) in [4.78, 5) is 16.6. The van der Waals surface area contributed by atoms with E-state index in [9.17, 15) is 4.79 Å². The van der Waals surface area contributed by atoms with Crippen molar-refractivity contribution in [1.82, 2.24) is 14.9 Å². The highest BCUT2D eigenvalue weighted by Crippen LogP contribution is 2.25. The second-order valence-electron chi connectivity index (χ2n) is 5.12. The Morgan fingerprint density at radius 3 is 2.65 bits per heavy atom. The zero-order valence-corrected chi connectivity index (χ0v) is 14.1. The molecule has 1 heterocycles. The third-order valence-electron chi connectivity index (χ3n) is 3.36. The van der Waals surface area contributed by atoms with Crippen LogP contribution in [0.1, 0.15) is 51.4 Å². The van der Waals surface area contributed by atoms with Gasteiger partial charge in [0.25, 0.3) is 0 Å². The summed E-state index contributed by atoms with van der Waals surface area (Å²) in [7, 11) is 0. The lowest BCUT2D eigenvalue weighted by Gasteiger charge is -2.13. The van der Waals surface area contributed by atoms with E-state index in [4.69, 9.17) is 0 Å². The van der Waals surface area contributed by atoms with Crippen LogP contribution < -0.4 is 5.32 Å². The lowest BCUT2D eigenvalue weighted by atomic mass is 10.3. The van der Waals surface area contributed by atoms with Gasteiger partial charge in [-0.2, -0.15) is 0 Å². The third kappa shape index (κ3) is 4.54. The van der Waals surface area contributed by atoms with Crippen LogP contribution in [0.15, 0.2) is 5.16 Å². The number of carbonyl (C=O) groups excluding carboxylic acids is 1. The molecule has 0 aliphatic heterocycles. The van der Waals surface area contributed by atoms with E-state index in [2.05, 4.69) is 35.6 Å². The SMILES string of the molecule is CCCCn1c(SC(C)C(=O)NCCC)nc(C)c1C. The number of hydrogen-bond acceptors (Lipinski definition) is 3. The molecule has 5 heteroatoms. The molecule has 0 aromatic carbocycles. The van der Waals surface area contributed by atoms with E-state index in [0.717, 1.165) is 43.2 Å². The van der Waals surface area contributed by atoms with Crippen molar-refractivity contribution in [3.05, 3.63) is 11.4 Å². The normalized spacial score (nSPS) is 12.4. The maximum Gasteiger partial charge on any atom is 0.233 e. The van der Waals surface area contributed by atoms with Gasteiger partial charge < -0.3 is 9.88 Å². The molecule has 0 aliphatic carbocycles. The van der Waals surface area contributed by atoms with E-state index in [1.165, 1.54) is 5.69 Å². The third-order valence-corrected chi connectivity index (χ3v) is 4.45. The molecule has 1 aromatic rings. The minimum atomic E-state index is -0.108. The number of aromatic nitrogens is 2. The van der Waals surface area contributed by atoms with Crippen LogP contribution in [0.3, 0.4) is 0 Å². The molecule has 0 radical (unpaired) electrons. The minimum absolute atomic E-state index is 0.0946. The Kier molecular flexibility index (Phi) is 7.13. The molecule has 4 nitrogen and oxygen atoms in total. The smallest absolute Gasteiger partial charge is 0.233 e. The standard InChI is InChI=1S/C15H27N3OS/c1-6-8-10-18-12(4)11(3)17-15(18)20-13(5)14(19)16-9-7-2/h13H,6-10H2,1-5H3,(H,16,19). The first-order valence-electron chi connectivity index (χ1n) is 7.49. The van der Waals surface area contributed by atoms with Gasteiger partial charge >= 0.3 is 0 Å². The Morgan fingerprint density at radius 2 is 2.05 bits per heavy atom. The molecule has 0 fully saturated rings. The van der Waals surface area contributed by atoms with Gasteiger partial charge in [-0.1, -0.05) is 32.0 Å². The summed E-state index contributed by atoms with van der Waals surface area (Å²) in [5, 5.41) is 3.80. The number of unbranched alkanes of at least 4 members (excludes halogenated alkanes) is 1. The summed E-state index contributed by atoms with van der Waals surface area (Å²) >= 11 is 1.55. The highest BCUT2D eigenvalue weighted by atomic mass is 32.2. The molecule has 0 spiro atoms. The van der Waals surface area contributed by atoms with Crippen LogP contribution in [0.2, 0.25) is 0 Å². The average molecular weight is 297 g/mol. The maximum atomic E-state index is 12.0. The number of aryl methyl sites for hydroxylation is 1. The summed E-state index contributed by atoms with van der Waals surface area (Å²) < 4.78 is 2.24. The number of nitrogens with one attached hydrogen (secondary N) is 1. The molecule has 0 saturated heterocycles. The van der Waals surface area contributed by atoms with E-state index < -0.39 is 0 Å². The van der Waals surface area contributed by atoms with Gasteiger partial charge in [0.05, 0.1) is 10.9 Å². The van der Waals surface area contributed by atoms with E-state index >= 15 is 0 Å². The van der Waals surface area contributed by atoms with Gasteiger partial charge in [0.15, 0.2) is 5.16 Å². The number of nitrogens with zero attached hydrogens (tertiary/aromatic N) is 2. The van der Waals surface area contributed by atoms with Crippen molar-refractivity contribution in [1.29, 1.82) is 0 Å². The molecule has 20 heavy (non-hydrogen) atoms. The summed E-state index contributed by atoms with van der Waals surface area (Å²) in [5.41, 5.74) is 2.27. The lowest BCUT2D eigenvalue weighted by molar-refractivity contribution is -0.120. The van der Waals surface area contributed by atoms with Crippen LogP contribution in [0.4, 0.5) is 0 Å². The summed E-state index contributed by atoms with van der Waals surface area (Å²) in [6.07, 6.45) is 3.26. The zero-order valence-electron chi connectivity index (χ0n) is 13.3. The molecule has 1 aromatic heterocycles. The number of hydrogen-bond donors (Lipinski definition) is 1. The quantitative estimate of drug-likeness (QED) is 0.749. The van der Waals surface area contributed by atoms with Gasteiger partial charge in [0.1, 0.15) is 0 Å². The molecular weight excluding hydrogens is 270 g/mol. The van der Waals surface area contributed by atoms with Crippen molar-refractivity contribution in [2.45, 2.75) is 70.8 Å². The lowest BCUT2D eigenvalue weighted by Crippen LogP contribution is -2.31. The largest absolute Gasteiger partial charge is 0.355 e. The maximum absolute atomic E-state index is 12.0. The fourth-order valence-electron chi connectivity index (χ4n) is 1.90. The molecule has 1 unspecified atom stereocenters. The van der Waals surface area contributed by atoms with Crippen molar-refractivity contribution >= 4 is 17.7 Å². The fourth-order valence-corrected chi connectivity index (χ4v) is 2.95. The van der Waals surface area contributed by atoms with Gasteiger partial charge in [-0.05, 0) is 33.6 Å². The Balaban J connectivity index is 2.75. The first-order valence-corrected chi connectivity index (χ1v) is 8.37. The zero-order chi connectivity index (χ0) is 15.1. The number of amides is 1. The monoisotopic (exact) mass is 297 g/mol. The van der Waals surface area contributed by atoms with Crippen LogP contribution in [0, 0.1) is 13.8 Å². The highest BCUT2D eigenvalue weighted by Gasteiger charge is 2.19. The van der Waals surface area contributed by atoms with Crippen LogP contribution in [-0.2, 0) is 11.3 Å². The van der Waals surface area contributed by atoms with Crippen LogP contribution in [0.25, 0.3) is 0 Å². The molecule has 1 rings (SSSR count). The van der Waals surface area contributed by atoms with E-state index in [1.54, 1.807) is 11.8 Å². The highest BCUT2D eigenvalue weighted by molar-refractivity contribution is 8.00. The van der Waals surface area contributed by atoms with Gasteiger partial charge in [0, 0.05) is 18.8 Å². The number of thioether (sulfide) groups is 1. The summed E-state index contributed by atoms with van der Waals surface area (Å²) in [6, 6.07) is 0. The molecule has 1 amide bonds. The predicted octanol–water partition coefficient (Wildman–Crippen LogP) is 3.31. The molecule has 0 saturated carbocycles. The van der Waals surface area contributed by atoms with Gasteiger partial charge in [-0.25, -0.2) is 4.98 Å². The fraction of sp³-hybridized carbons (Fsp3) is 0.733. The van der Waals surface area contributed by atoms with Crippen molar-refractivity contribution in [2.75, 3.05) is 6.54 Å². The molecule has 1 N–H and O–H groups in total. The predicted molar refractivity (Wildman–Crippen MR) is 85.2 cm³/mol. The first kappa shape index (κ1) is 17.1. The first-order chi connectivity index (χ1) is 9.51. The second kappa shape index (κ2) is 8.35. The van der Waals surface area contributed by atoms with Crippen molar-refractivity contribution in [3.8, 4) is 0 Å². The van der Waals surface area contributed by atoms with E-state index in [0.29, 0.717) is 0 Å². The van der Waals surface area contributed by atoms with Gasteiger partial charge in [0.2, 0.25) is 5.91 Å². The second-order valence-corrected chi connectivity index (χ2v) is 6.43. The average Bonchev–Trinajstić information content (AvgIpc) is 2.69. The van der Waals surface area contributed by atoms with E-state index in [1.807, 2.05) is 13.8 Å². The van der Waals surface area contributed by atoms with Crippen molar-refractivity contribution in [3.63, 3.8) is 0 Å². The molecule has 114 valence electrons. The topological polar surface area (TPSA) is 46.9 Å². The Bertz CT molecular complexity index is 443. The van der Waals surface area contributed by atoms with E-state index in [-0.39, 0.29) is 11.2 Å². The summed E-state index contributed by atoms with van der Waals surface area (Å²) in [5.74, 6) is 0.0946. The van der Waals surface area contributed by atoms with Crippen molar-refractivity contribution < 1.29 is 4.79 Å². The van der Waals surface area contributed by atoms with Gasteiger partial charge in [-0.3, -0.25) is 4.79 Å². The number of carbonyl (C=O) groups is 1. The summed E-state index contributed by atoms with van der Waals surface area (Å²) in [6.45, 7) is 12.0. The van der Waals surface area contributed by atoms with Crippen molar-refractivity contribution in [2.24, 2.45) is 0 Å². The Morgan fingerprint density at radius 1 is 1.35 bits per heavy atom. The van der Waals surface area contributed by atoms with Crippen LogP contribution >= 0.6 is 11.8 Å². The van der Waals surface area contributed by atoms with Crippen LogP contribution in [0.5, 0.6) is 0 Å². The number of rotatable bonds is 8. The minimum Gasteiger partial charge on any atom is -0.355 e. The molecule has 0 bridgehead atoms. The van der Waals surface area contributed by atoms with Crippen LogP contribution in [-0.4, -0.2) is 27.3 Å². The molecule has 1 atom stereocenters. The number of imidazole rings is 1.